The molecule has 2 atom stereocenters. The van der Waals surface area contributed by atoms with Gasteiger partial charge in [0.15, 0.2) is 11.0 Å². The Morgan fingerprint density at radius 2 is 2.00 bits per heavy atom. The zero-order valence-corrected chi connectivity index (χ0v) is 12.5. The van der Waals surface area contributed by atoms with Gasteiger partial charge in [-0.05, 0) is 23.8 Å². The summed E-state index contributed by atoms with van der Waals surface area (Å²) in [5.74, 6) is -3.45. The first-order valence-electron chi connectivity index (χ1n) is 6.87. The molecule has 3 rings (SSSR count). The van der Waals surface area contributed by atoms with Gasteiger partial charge in [0.05, 0.1) is 5.92 Å². The molecule has 0 radical (unpaired) electrons. The van der Waals surface area contributed by atoms with E-state index >= 15 is 0 Å². The summed E-state index contributed by atoms with van der Waals surface area (Å²) in [6.07, 6.45) is 0. The molecule has 2 heterocycles. The zero-order chi connectivity index (χ0) is 16.6. The van der Waals surface area contributed by atoms with E-state index in [1.807, 2.05) is 0 Å². The molecule has 1 aliphatic heterocycles. The smallest absolute Gasteiger partial charge is 0.308 e. The van der Waals surface area contributed by atoms with E-state index in [4.69, 9.17) is 11.6 Å². The van der Waals surface area contributed by atoms with E-state index in [2.05, 4.69) is 10.2 Å². The monoisotopic (exact) mass is 339 g/mol. The minimum Gasteiger partial charge on any atom is -0.481 e. The van der Waals surface area contributed by atoms with Gasteiger partial charge < -0.3 is 10.0 Å². The molecule has 5 nitrogen and oxygen atoms in total. The maximum atomic E-state index is 14.0. The Morgan fingerprint density at radius 1 is 1.22 bits per heavy atom. The molecule has 1 aliphatic rings. The second kappa shape index (κ2) is 6.08. The van der Waals surface area contributed by atoms with Crippen LogP contribution in [0.15, 0.2) is 30.3 Å². The SMILES string of the molecule is O=C(O)[C@@H]1CN(c2ccc(Cl)nn2)C[C@H]1c1ccc(F)cc1F. The highest BCUT2D eigenvalue weighted by Gasteiger charge is 2.40. The quantitative estimate of drug-likeness (QED) is 0.931. The van der Waals surface area contributed by atoms with Crippen LogP contribution in [0.3, 0.4) is 0 Å². The normalized spacial score (nSPS) is 20.7. The maximum Gasteiger partial charge on any atom is 0.308 e. The average molecular weight is 340 g/mol. The first-order valence-corrected chi connectivity index (χ1v) is 7.25. The fourth-order valence-electron chi connectivity index (χ4n) is 2.84. The molecule has 0 unspecified atom stereocenters. The highest BCUT2D eigenvalue weighted by Crippen LogP contribution is 2.36. The van der Waals surface area contributed by atoms with Gasteiger partial charge in [0.25, 0.3) is 0 Å². The third-order valence-electron chi connectivity index (χ3n) is 3.94. The summed E-state index contributed by atoms with van der Waals surface area (Å²) in [4.78, 5) is 13.2. The lowest BCUT2D eigenvalue weighted by Gasteiger charge is -2.17. The number of carboxylic acids is 1. The average Bonchev–Trinajstić information content (AvgIpc) is 2.93. The fraction of sp³-hybridized carbons (Fsp3) is 0.267. The van der Waals surface area contributed by atoms with Crippen LogP contribution in [0.4, 0.5) is 14.6 Å². The molecule has 0 amide bonds. The van der Waals surface area contributed by atoms with Crippen LogP contribution in [0.2, 0.25) is 5.15 Å². The minimum absolute atomic E-state index is 0.160. The van der Waals surface area contributed by atoms with Crippen LogP contribution in [0, 0.1) is 17.6 Å². The van der Waals surface area contributed by atoms with Crippen LogP contribution < -0.4 is 4.90 Å². The predicted octanol–water partition coefficient (Wildman–Crippen LogP) is 2.71. The van der Waals surface area contributed by atoms with Gasteiger partial charge in [-0.3, -0.25) is 4.79 Å². The summed E-state index contributed by atoms with van der Waals surface area (Å²) in [6, 6.07) is 6.35. The third kappa shape index (κ3) is 3.10. The van der Waals surface area contributed by atoms with E-state index in [1.165, 1.54) is 6.07 Å². The van der Waals surface area contributed by atoms with Gasteiger partial charge in [-0.15, -0.1) is 10.2 Å². The largest absolute Gasteiger partial charge is 0.481 e. The summed E-state index contributed by atoms with van der Waals surface area (Å²) >= 11 is 5.69. The van der Waals surface area contributed by atoms with Crippen molar-refractivity contribution in [3.63, 3.8) is 0 Å². The van der Waals surface area contributed by atoms with Gasteiger partial charge in [0, 0.05) is 25.1 Å². The van der Waals surface area contributed by atoms with Crippen molar-refractivity contribution >= 4 is 23.4 Å². The molecule has 1 aromatic carbocycles. The third-order valence-corrected chi connectivity index (χ3v) is 4.14. The fourth-order valence-corrected chi connectivity index (χ4v) is 2.94. The van der Waals surface area contributed by atoms with Crippen molar-refractivity contribution in [3.05, 3.63) is 52.7 Å². The number of rotatable bonds is 3. The first kappa shape index (κ1) is 15.6. The summed E-state index contributed by atoms with van der Waals surface area (Å²) in [5.41, 5.74) is 0.184. The van der Waals surface area contributed by atoms with Crippen molar-refractivity contribution in [2.24, 2.45) is 5.92 Å². The van der Waals surface area contributed by atoms with E-state index in [-0.39, 0.29) is 23.8 Å². The van der Waals surface area contributed by atoms with Crippen LogP contribution in [0.5, 0.6) is 0 Å². The van der Waals surface area contributed by atoms with Crippen molar-refractivity contribution in [1.29, 1.82) is 0 Å². The van der Waals surface area contributed by atoms with Gasteiger partial charge in [0.2, 0.25) is 0 Å². The van der Waals surface area contributed by atoms with Gasteiger partial charge in [0.1, 0.15) is 11.6 Å². The van der Waals surface area contributed by atoms with E-state index in [0.717, 1.165) is 12.1 Å². The van der Waals surface area contributed by atoms with Crippen LogP contribution in [0.1, 0.15) is 11.5 Å². The number of nitrogens with zero attached hydrogens (tertiary/aromatic N) is 3. The Morgan fingerprint density at radius 3 is 2.61 bits per heavy atom. The lowest BCUT2D eigenvalue weighted by molar-refractivity contribution is -0.141. The van der Waals surface area contributed by atoms with Gasteiger partial charge in [-0.2, -0.15) is 0 Å². The van der Waals surface area contributed by atoms with Crippen molar-refractivity contribution in [2.45, 2.75) is 5.92 Å². The molecule has 8 heteroatoms. The van der Waals surface area contributed by atoms with E-state index in [0.29, 0.717) is 5.82 Å². The predicted molar refractivity (Wildman–Crippen MR) is 79.5 cm³/mol. The molecule has 1 fully saturated rings. The molecule has 1 N–H and O–H groups in total. The Hall–Kier alpha value is -2.28. The molecule has 0 aliphatic carbocycles. The summed E-state index contributed by atoms with van der Waals surface area (Å²) < 4.78 is 27.1. The molecule has 120 valence electrons. The second-order valence-corrected chi connectivity index (χ2v) is 5.72. The Labute approximate surface area is 135 Å². The van der Waals surface area contributed by atoms with Crippen LogP contribution >= 0.6 is 11.6 Å². The van der Waals surface area contributed by atoms with Gasteiger partial charge >= 0.3 is 5.97 Å². The number of anilines is 1. The number of carbonyl (C=O) groups is 1. The van der Waals surface area contributed by atoms with Crippen molar-refractivity contribution in [2.75, 3.05) is 18.0 Å². The topological polar surface area (TPSA) is 66.3 Å². The van der Waals surface area contributed by atoms with Gasteiger partial charge in [-0.25, -0.2) is 8.78 Å². The van der Waals surface area contributed by atoms with Crippen molar-refractivity contribution in [3.8, 4) is 0 Å². The number of benzene rings is 1. The summed E-state index contributed by atoms with van der Waals surface area (Å²) in [6.45, 7) is 0.406. The molecule has 0 bridgehead atoms. The number of aliphatic carboxylic acids is 1. The van der Waals surface area contributed by atoms with Crippen LogP contribution in [0.25, 0.3) is 0 Å². The number of carboxylic acid groups (broad SMARTS) is 1. The highest BCUT2D eigenvalue weighted by molar-refractivity contribution is 6.29. The molecule has 0 spiro atoms. The molecule has 1 saturated heterocycles. The molecule has 2 aromatic rings. The van der Waals surface area contributed by atoms with E-state index in [9.17, 15) is 18.7 Å². The van der Waals surface area contributed by atoms with Crippen LogP contribution in [-0.4, -0.2) is 34.4 Å². The summed E-state index contributed by atoms with van der Waals surface area (Å²) in [5, 5.41) is 17.3. The Kier molecular flexibility index (Phi) is 4.12. The second-order valence-electron chi connectivity index (χ2n) is 5.34. The highest BCUT2D eigenvalue weighted by atomic mass is 35.5. The maximum absolute atomic E-state index is 14.0. The van der Waals surface area contributed by atoms with Crippen molar-refractivity contribution in [1.82, 2.24) is 10.2 Å². The van der Waals surface area contributed by atoms with Crippen LogP contribution in [-0.2, 0) is 4.79 Å². The minimum atomic E-state index is -1.04. The molecular formula is C15H12ClF2N3O2. The lowest BCUT2D eigenvalue weighted by Crippen LogP contribution is -2.24. The Balaban J connectivity index is 1.92. The van der Waals surface area contributed by atoms with E-state index < -0.39 is 29.4 Å². The number of hydrogen-bond acceptors (Lipinski definition) is 4. The zero-order valence-electron chi connectivity index (χ0n) is 11.8. The van der Waals surface area contributed by atoms with Crippen molar-refractivity contribution < 1.29 is 18.7 Å². The Bertz CT molecular complexity index is 742. The number of hydrogen-bond donors (Lipinski definition) is 1. The number of halogens is 3. The summed E-state index contributed by atoms with van der Waals surface area (Å²) in [7, 11) is 0. The lowest BCUT2D eigenvalue weighted by atomic mass is 9.88. The molecule has 23 heavy (non-hydrogen) atoms. The molecular weight excluding hydrogens is 328 g/mol. The van der Waals surface area contributed by atoms with E-state index in [1.54, 1.807) is 17.0 Å². The number of aromatic nitrogens is 2. The first-order chi connectivity index (χ1) is 11.0. The standard InChI is InChI=1S/C15H12ClF2N3O2/c16-13-3-4-14(20-19-13)21-6-10(11(7-21)15(22)23)9-2-1-8(17)5-12(9)18/h1-5,10-11H,6-7H2,(H,22,23)/t10-,11+/m0/s1. The molecule has 1 aromatic heterocycles. The molecule has 0 saturated carbocycles. The van der Waals surface area contributed by atoms with Gasteiger partial charge in [-0.1, -0.05) is 17.7 Å².